The Kier molecular flexibility index (Phi) is 6.63. The molecule has 0 aliphatic carbocycles. The van der Waals surface area contributed by atoms with Gasteiger partial charge in [-0.05, 0) is 36.3 Å². The van der Waals surface area contributed by atoms with Gasteiger partial charge in [0.05, 0.1) is 12.0 Å². The van der Waals surface area contributed by atoms with E-state index in [0.717, 1.165) is 39.9 Å². The summed E-state index contributed by atoms with van der Waals surface area (Å²) in [5.74, 6) is 2.94. The van der Waals surface area contributed by atoms with Crippen LogP contribution in [0.2, 0.25) is 0 Å². The molecule has 4 heterocycles. The molecule has 3 aliphatic rings. The molecule has 5 rings (SSSR count). The number of benzene rings is 1. The highest BCUT2D eigenvalue weighted by molar-refractivity contribution is 8.00. The van der Waals surface area contributed by atoms with Crippen molar-refractivity contribution in [2.45, 2.75) is 43.5 Å². The third-order valence-electron chi connectivity index (χ3n) is 6.10. The fraction of sp³-hybridized carbons (Fsp3) is 0.360. The van der Waals surface area contributed by atoms with Crippen molar-refractivity contribution in [3.05, 3.63) is 53.7 Å². The number of amides is 1. The van der Waals surface area contributed by atoms with Gasteiger partial charge in [-0.2, -0.15) is 0 Å². The molecule has 3 aliphatic heterocycles. The number of carbonyl (C=O) groups is 1. The number of allylic oxidation sites excluding steroid dienone is 1. The van der Waals surface area contributed by atoms with Gasteiger partial charge in [0, 0.05) is 48.3 Å². The van der Waals surface area contributed by atoms with Gasteiger partial charge in [0.1, 0.15) is 5.76 Å². The summed E-state index contributed by atoms with van der Waals surface area (Å²) in [6, 6.07) is 7.71. The number of amidine groups is 1. The molecule has 4 N–H and O–H groups in total. The van der Waals surface area contributed by atoms with Gasteiger partial charge in [-0.1, -0.05) is 25.6 Å². The van der Waals surface area contributed by atoms with Crippen molar-refractivity contribution in [1.29, 1.82) is 0 Å². The Balaban J connectivity index is 1.49. The molecule has 0 radical (unpaired) electrons. The summed E-state index contributed by atoms with van der Waals surface area (Å²) in [4.78, 5) is 19.8. The molecule has 1 saturated heterocycles. The Morgan fingerprint density at radius 1 is 1.31 bits per heavy atom. The van der Waals surface area contributed by atoms with Crippen molar-refractivity contribution < 1.29 is 18.7 Å². The van der Waals surface area contributed by atoms with Crippen molar-refractivity contribution in [3.8, 4) is 22.8 Å². The summed E-state index contributed by atoms with van der Waals surface area (Å²) in [7, 11) is 0. The van der Waals surface area contributed by atoms with Gasteiger partial charge in [-0.3, -0.25) is 4.79 Å². The van der Waals surface area contributed by atoms with Gasteiger partial charge < -0.3 is 35.2 Å². The summed E-state index contributed by atoms with van der Waals surface area (Å²) in [5.41, 5.74) is 10.0. The Morgan fingerprint density at radius 3 is 2.89 bits per heavy atom. The van der Waals surface area contributed by atoms with Crippen molar-refractivity contribution >= 4 is 23.5 Å². The second-order valence-corrected chi connectivity index (χ2v) is 9.48. The van der Waals surface area contributed by atoms with Crippen LogP contribution >= 0.6 is 11.8 Å². The van der Waals surface area contributed by atoms with E-state index in [1.807, 2.05) is 37.4 Å². The third kappa shape index (κ3) is 4.70. The van der Waals surface area contributed by atoms with Crippen LogP contribution in [0, 0.1) is 0 Å². The number of ether oxygens (including phenoxy) is 2. The molecule has 0 spiro atoms. The minimum Gasteiger partial charge on any atom is -0.464 e. The fourth-order valence-electron chi connectivity index (χ4n) is 4.17. The van der Waals surface area contributed by atoms with Crippen LogP contribution in [0.25, 0.3) is 11.3 Å². The van der Waals surface area contributed by atoms with Gasteiger partial charge in [-0.25, -0.2) is 4.99 Å². The molecule has 1 amide bonds. The van der Waals surface area contributed by atoms with E-state index in [1.54, 1.807) is 18.0 Å². The highest BCUT2D eigenvalue weighted by Gasteiger charge is 2.36. The lowest BCUT2D eigenvalue weighted by molar-refractivity contribution is -0.120. The Bertz CT molecular complexity index is 1200. The van der Waals surface area contributed by atoms with Crippen LogP contribution in [0.3, 0.4) is 0 Å². The minimum atomic E-state index is -0.202. The number of nitrogens with zero attached hydrogens (tertiary/aromatic N) is 2. The predicted octanol–water partition coefficient (Wildman–Crippen LogP) is 3.75. The average molecular weight is 496 g/mol. The molecule has 1 aromatic carbocycles. The number of furan rings is 1. The highest BCUT2D eigenvalue weighted by atomic mass is 32.2. The van der Waals surface area contributed by atoms with Gasteiger partial charge in [0.2, 0.25) is 12.7 Å². The normalized spacial score (nSPS) is 18.6. The molecule has 10 heteroatoms. The predicted molar refractivity (Wildman–Crippen MR) is 135 cm³/mol. The van der Waals surface area contributed by atoms with Gasteiger partial charge in [-0.15, -0.1) is 0 Å². The standard InChI is InChI=1S/C25H29N5O4S/c1-3-15-10-17(26)23-24(28-13-15)30(8-7-27-22(31)4-2)25(29-23)35-21-12-20-19(33-14-34-20)11-16(21)18-6-5-9-32-18/h5-6,9,11-13,25,29H,3-4,7-8,10,14,26H2,1-2H3,(H,27,31). The van der Waals surface area contributed by atoms with Crippen molar-refractivity contribution in [3.63, 3.8) is 0 Å². The zero-order valence-electron chi connectivity index (χ0n) is 19.8. The lowest BCUT2D eigenvalue weighted by Gasteiger charge is -2.26. The Morgan fingerprint density at radius 2 is 2.14 bits per heavy atom. The zero-order valence-corrected chi connectivity index (χ0v) is 20.6. The van der Waals surface area contributed by atoms with Crippen LogP contribution in [0.5, 0.6) is 11.5 Å². The molecule has 0 bridgehead atoms. The molecule has 1 atom stereocenters. The summed E-state index contributed by atoms with van der Waals surface area (Å²) >= 11 is 1.61. The van der Waals surface area contributed by atoms with E-state index in [9.17, 15) is 4.79 Å². The Labute approximate surface area is 208 Å². The van der Waals surface area contributed by atoms with E-state index in [2.05, 4.69) is 22.5 Å². The van der Waals surface area contributed by atoms with Crippen molar-refractivity contribution in [1.82, 2.24) is 15.5 Å². The van der Waals surface area contributed by atoms with Crippen molar-refractivity contribution in [2.24, 2.45) is 10.7 Å². The van der Waals surface area contributed by atoms with E-state index in [-0.39, 0.29) is 18.2 Å². The first-order valence-corrected chi connectivity index (χ1v) is 12.6. The highest BCUT2D eigenvalue weighted by Crippen LogP contribution is 2.45. The minimum absolute atomic E-state index is 0.0171. The number of fused-ring (bicyclic) bond motifs is 2. The zero-order chi connectivity index (χ0) is 24.4. The van der Waals surface area contributed by atoms with Crippen LogP contribution < -0.4 is 25.8 Å². The molecule has 1 unspecified atom stereocenters. The van der Waals surface area contributed by atoms with Crippen LogP contribution in [-0.4, -0.2) is 42.0 Å². The molecule has 35 heavy (non-hydrogen) atoms. The molecule has 184 valence electrons. The molecule has 2 aromatic rings. The van der Waals surface area contributed by atoms with Crippen LogP contribution in [0.15, 0.2) is 68.0 Å². The quantitative estimate of drug-likeness (QED) is 0.507. The fourth-order valence-corrected chi connectivity index (χ4v) is 5.38. The number of hydrogen-bond donors (Lipinski definition) is 3. The molecule has 1 aromatic heterocycles. The van der Waals surface area contributed by atoms with Gasteiger partial charge in [0.15, 0.2) is 22.8 Å². The smallest absolute Gasteiger partial charge is 0.231 e. The van der Waals surface area contributed by atoms with Gasteiger partial charge >= 0.3 is 0 Å². The van der Waals surface area contributed by atoms with E-state index in [1.165, 1.54) is 5.57 Å². The number of carbonyl (C=O) groups excluding carboxylic acids is 1. The molecule has 0 saturated carbocycles. The second-order valence-electron chi connectivity index (χ2n) is 8.36. The third-order valence-corrected chi connectivity index (χ3v) is 7.29. The SMILES string of the molecule is CCC(=O)NCCN1C2=NC=C(CC)CC(N)=C2NC1Sc1cc2c(cc1-c1ccco1)OCO2. The molecule has 1 fully saturated rings. The number of rotatable bonds is 8. The number of thioether (sulfide) groups is 1. The van der Waals surface area contributed by atoms with E-state index >= 15 is 0 Å². The first-order valence-electron chi connectivity index (χ1n) is 11.8. The first-order chi connectivity index (χ1) is 17.1. The first kappa shape index (κ1) is 23.2. The summed E-state index contributed by atoms with van der Waals surface area (Å²) in [6.07, 6.45) is 5.57. The topological polar surface area (TPSA) is 114 Å². The van der Waals surface area contributed by atoms with E-state index in [4.69, 9.17) is 24.6 Å². The maximum absolute atomic E-state index is 11.9. The monoisotopic (exact) mass is 495 g/mol. The summed E-state index contributed by atoms with van der Waals surface area (Å²) in [6.45, 7) is 5.20. The number of nitrogens with two attached hydrogens (primary N) is 1. The largest absolute Gasteiger partial charge is 0.464 e. The van der Waals surface area contributed by atoms with Gasteiger partial charge in [0.25, 0.3) is 0 Å². The lowest BCUT2D eigenvalue weighted by Crippen LogP contribution is -2.40. The molecule has 9 nitrogen and oxygen atoms in total. The average Bonchev–Trinajstić information content (AvgIpc) is 3.60. The number of hydrogen-bond acceptors (Lipinski definition) is 9. The molecular formula is C25H29N5O4S. The number of aliphatic imine (C=N–C) groups is 1. The van der Waals surface area contributed by atoms with Crippen LogP contribution in [0.1, 0.15) is 33.1 Å². The number of nitrogens with one attached hydrogen (secondary N) is 2. The van der Waals surface area contributed by atoms with Crippen LogP contribution in [-0.2, 0) is 4.79 Å². The molecular weight excluding hydrogens is 466 g/mol. The maximum Gasteiger partial charge on any atom is 0.231 e. The lowest BCUT2D eigenvalue weighted by atomic mass is 10.1. The van der Waals surface area contributed by atoms with Crippen molar-refractivity contribution in [2.75, 3.05) is 19.9 Å². The summed E-state index contributed by atoms with van der Waals surface area (Å²) in [5, 5.41) is 6.55. The summed E-state index contributed by atoms with van der Waals surface area (Å²) < 4.78 is 17.0. The maximum atomic E-state index is 11.9. The van der Waals surface area contributed by atoms with Crippen LogP contribution in [0.4, 0.5) is 0 Å². The van der Waals surface area contributed by atoms with E-state index < -0.39 is 0 Å². The Hall–Kier alpha value is -3.53. The van der Waals surface area contributed by atoms with E-state index in [0.29, 0.717) is 37.4 Å². The second kappa shape index (κ2) is 9.99.